The molecule has 0 aliphatic carbocycles. The fourth-order valence-electron chi connectivity index (χ4n) is 1.35. The number of carbonyl (C=O) groups is 1. The number of benzene rings is 1. The fraction of sp³-hybridized carbons (Fsp3) is 0.308. The Kier molecular flexibility index (Phi) is 5.04. The number of rotatable bonds is 5. The van der Waals surface area contributed by atoms with E-state index in [4.69, 9.17) is 26.8 Å². The van der Waals surface area contributed by atoms with Gasteiger partial charge in [-0.3, -0.25) is 4.79 Å². The molecule has 0 fully saturated rings. The van der Waals surface area contributed by atoms with E-state index < -0.39 is 5.91 Å². The van der Waals surface area contributed by atoms with Crippen LogP contribution >= 0.6 is 11.6 Å². The number of ether oxygens (including phenoxy) is 2. The molecule has 0 radical (unpaired) electrons. The van der Waals surface area contributed by atoms with Gasteiger partial charge in [-0.1, -0.05) is 17.2 Å². The molecule has 0 unspecified atom stereocenters. The Morgan fingerprint density at radius 3 is 2.61 bits per heavy atom. The molecule has 0 saturated carbocycles. The first-order valence-corrected chi connectivity index (χ1v) is 5.77. The molecule has 0 aliphatic rings. The molecule has 98 valence electrons. The zero-order chi connectivity index (χ0) is 13.7. The van der Waals surface area contributed by atoms with Crippen molar-refractivity contribution >= 4 is 17.5 Å². The van der Waals surface area contributed by atoms with Crippen LogP contribution in [-0.4, -0.2) is 19.6 Å². The molecule has 1 aromatic rings. The molecule has 18 heavy (non-hydrogen) atoms. The second-order valence-electron chi connectivity index (χ2n) is 3.94. The molecule has 0 aliphatic heterocycles. The SMILES string of the molecule is COc1c(Cl)cc(OCC=C(C)C)cc1C(N)=O. The molecular weight excluding hydrogens is 254 g/mol. The van der Waals surface area contributed by atoms with E-state index in [1.807, 2.05) is 19.9 Å². The second-order valence-corrected chi connectivity index (χ2v) is 4.35. The summed E-state index contributed by atoms with van der Waals surface area (Å²) in [6.07, 6.45) is 1.92. The van der Waals surface area contributed by atoms with Gasteiger partial charge in [0.2, 0.25) is 0 Å². The maximum absolute atomic E-state index is 11.3. The molecule has 0 saturated heterocycles. The van der Waals surface area contributed by atoms with E-state index in [9.17, 15) is 4.79 Å². The topological polar surface area (TPSA) is 61.6 Å². The minimum atomic E-state index is -0.610. The summed E-state index contributed by atoms with van der Waals surface area (Å²) in [5.74, 6) is 0.132. The molecule has 0 atom stereocenters. The van der Waals surface area contributed by atoms with Crippen LogP contribution in [-0.2, 0) is 0 Å². The van der Waals surface area contributed by atoms with E-state index in [-0.39, 0.29) is 11.3 Å². The standard InChI is InChI=1S/C13H16ClNO3/c1-8(2)4-5-18-9-6-10(13(15)16)12(17-3)11(14)7-9/h4,6-7H,5H2,1-3H3,(H2,15,16). The Labute approximate surface area is 111 Å². The van der Waals surface area contributed by atoms with Crippen LogP contribution in [0.5, 0.6) is 11.5 Å². The molecule has 5 heteroatoms. The van der Waals surface area contributed by atoms with Crippen molar-refractivity contribution in [3.8, 4) is 11.5 Å². The fourth-order valence-corrected chi connectivity index (χ4v) is 1.63. The monoisotopic (exact) mass is 269 g/mol. The van der Waals surface area contributed by atoms with Crippen LogP contribution in [0.4, 0.5) is 0 Å². The van der Waals surface area contributed by atoms with Crippen molar-refractivity contribution in [2.45, 2.75) is 13.8 Å². The lowest BCUT2D eigenvalue weighted by Gasteiger charge is -2.11. The van der Waals surface area contributed by atoms with Crippen molar-refractivity contribution < 1.29 is 14.3 Å². The zero-order valence-corrected chi connectivity index (χ0v) is 11.4. The van der Waals surface area contributed by atoms with Gasteiger partial charge in [-0.15, -0.1) is 0 Å². The van der Waals surface area contributed by atoms with Crippen LogP contribution in [0.3, 0.4) is 0 Å². The average molecular weight is 270 g/mol. The summed E-state index contributed by atoms with van der Waals surface area (Å²) in [6.45, 7) is 4.35. The normalized spacial score (nSPS) is 9.78. The summed E-state index contributed by atoms with van der Waals surface area (Å²) in [5, 5.41) is 0.293. The van der Waals surface area contributed by atoms with Gasteiger partial charge in [-0.25, -0.2) is 0 Å². The van der Waals surface area contributed by atoms with Crippen molar-refractivity contribution in [2.24, 2.45) is 5.73 Å². The van der Waals surface area contributed by atoms with Gasteiger partial charge in [0.1, 0.15) is 18.1 Å². The van der Waals surface area contributed by atoms with Crippen molar-refractivity contribution in [3.63, 3.8) is 0 Å². The quantitative estimate of drug-likeness (QED) is 0.836. The third-order valence-corrected chi connectivity index (χ3v) is 2.51. The Balaban J connectivity index is 3.02. The highest BCUT2D eigenvalue weighted by Gasteiger charge is 2.15. The summed E-state index contributed by atoms with van der Waals surface area (Å²) in [4.78, 5) is 11.3. The minimum absolute atomic E-state index is 0.206. The molecule has 0 spiro atoms. The highest BCUT2D eigenvalue weighted by molar-refractivity contribution is 6.32. The number of nitrogens with two attached hydrogens (primary N) is 1. The van der Waals surface area contributed by atoms with Gasteiger partial charge in [0.25, 0.3) is 5.91 Å². The summed E-state index contributed by atoms with van der Waals surface area (Å²) < 4.78 is 10.5. The number of hydrogen-bond donors (Lipinski definition) is 1. The molecule has 0 aromatic heterocycles. The second kappa shape index (κ2) is 6.31. The summed E-state index contributed by atoms with van der Waals surface area (Å²) in [6, 6.07) is 3.11. The third-order valence-electron chi connectivity index (χ3n) is 2.23. The van der Waals surface area contributed by atoms with Gasteiger partial charge in [0.05, 0.1) is 17.7 Å². The highest BCUT2D eigenvalue weighted by Crippen LogP contribution is 2.33. The van der Waals surface area contributed by atoms with Crippen LogP contribution in [0.1, 0.15) is 24.2 Å². The minimum Gasteiger partial charge on any atom is -0.494 e. The molecule has 1 aromatic carbocycles. The van der Waals surface area contributed by atoms with Crippen LogP contribution in [0, 0.1) is 0 Å². The third kappa shape index (κ3) is 3.67. The van der Waals surface area contributed by atoms with Crippen molar-refractivity contribution in [2.75, 3.05) is 13.7 Å². The lowest BCUT2D eigenvalue weighted by atomic mass is 10.2. The van der Waals surface area contributed by atoms with E-state index in [2.05, 4.69) is 0 Å². The predicted molar refractivity (Wildman–Crippen MR) is 71.4 cm³/mol. The Hall–Kier alpha value is -1.68. The van der Waals surface area contributed by atoms with E-state index in [0.29, 0.717) is 17.4 Å². The molecular formula is C13H16ClNO3. The van der Waals surface area contributed by atoms with E-state index >= 15 is 0 Å². The van der Waals surface area contributed by atoms with Crippen molar-refractivity contribution in [1.29, 1.82) is 0 Å². The van der Waals surface area contributed by atoms with Crippen LogP contribution in [0.2, 0.25) is 5.02 Å². The van der Waals surface area contributed by atoms with Gasteiger partial charge in [0.15, 0.2) is 0 Å². The van der Waals surface area contributed by atoms with Gasteiger partial charge in [0, 0.05) is 6.07 Å². The highest BCUT2D eigenvalue weighted by atomic mass is 35.5. The lowest BCUT2D eigenvalue weighted by molar-refractivity contribution is 0.0997. The largest absolute Gasteiger partial charge is 0.494 e. The number of carbonyl (C=O) groups excluding carboxylic acids is 1. The predicted octanol–water partition coefficient (Wildman–Crippen LogP) is 2.79. The Morgan fingerprint density at radius 2 is 2.11 bits per heavy atom. The summed E-state index contributed by atoms with van der Waals surface area (Å²) >= 11 is 5.99. The molecule has 4 nitrogen and oxygen atoms in total. The Morgan fingerprint density at radius 1 is 1.44 bits per heavy atom. The number of allylic oxidation sites excluding steroid dienone is 1. The maximum atomic E-state index is 11.3. The first-order valence-electron chi connectivity index (χ1n) is 5.39. The maximum Gasteiger partial charge on any atom is 0.252 e. The zero-order valence-electron chi connectivity index (χ0n) is 10.6. The molecule has 0 bridgehead atoms. The van der Waals surface area contributed by atoms with E-state index in [0.717, 1.165) is 5.57 Å². The first kappa shape index (κ1) is 14.4. The van der Waals surface area contributed by atoms with Crippen molar-refractivity contribution in [3.05, 3.63) is 34.4 Å². The molecule has 2 N–H and O–H groups in total. The number of halogens is 1. The Bertz CT molecular complexity index is 479. The van der Waals surface area contributed by atoms with Crippen LogP contribution < -0.4 is 15.2 Å². The van der Waals surface area contributed by atoms with E-state index in [1.54, 1.807) is 6.07 Å². The van der Waals surface area contributed by atoms with E-state index in [1.165, 1.54) is 13.2 Å². The number of amides is 1. The number of methoxy groups -OCH3 is 1. The molecule has 0 heterocycles. The van der Waals surface area contributed by atoms with Gasteiger partial charge in [-0.05, 0) is 26.0 Å². The summed E-state index contributed by atoms with van der Waals surface area (Å²) in [7, 11) is 1.43. The van der Waals surface area contributed by atoms with Crippen LogP contribution in [0.15, 0.2) is 23.8 Å². The lowest BCUT2D eigenvalue weighted by Crippen LogP contribution is -2.13. The number of primary amides is 1. The first-order chi connectivity index (χ1) is 8.45. The molecule has 1 rings (SSSR count). The van der Waals surface area contributed by atoms with Gasteiger partial charge < -0.3 is 15.2 Å². The smallest absolute Gasteiger partial charge is 0.252 e. The molecule has 1 amide bonds. The number of hydrogen-bond acceptors (Lipinski definition) is 3. The van der Waals surface area contributed by atoms with Gasteiger partial charge >= 0.3 is 0 Å². The van der Waals surface area contributed by atoms with Crippen molar-refractivity contribution in [1.82, 2.24) is 0 Å². The average Bonchev–Trinajstić information content (AvgIpc) is 2.27. The van der Waals surface area contributed by atoms with Crippen LogP contribution in [0.25, 0.3) is 0 Å². The van der Waals surface area contributed by atoms with Gasteiger partial charge in [-0.2, -0.15) is 0 Å². The summed E-state index contributed by atoms with van der Waals surface area (Å²) in [5.41, 5.74) is 6.61.